The normalized spacial score (nSPS) is 11.7. The largest absolute Gasteiger partial charge is 0.497 e. The number of likely N-dealkylation sites (N-methyl/N-ethyl adjacent to an activating group) is 1. The Morgan fingerprint density at radius 1 is 1.21 bits per heavy atom. The first-order valence-corrected chi connectivity index (χ1v) is 8.99. The Balaban J connectivity index is 1.62. The lowest BCUT2D eigenvalue weighted by Gasteiger charge is -2.21. The van der Waals surface area contributed by atoms with Crippen LogP contribution in [0, 0.1) is 0 Å². The number of para-hydroxylation sites is 1. The van der Waals surface area contributed by atoms with E-state index in [-0.39, 0.29) is 12.5 Å². The molecular formula is C20H20ClN3O4. The van der Waals surface area contributed by atoms with Gasteiger partial charge in [-0.2, -0.15) is 4.98 Å². The van der Waals surface area contributed by atoms with Crippen LogP contribution in [0.5, 0.6) is 11.5 Å². The van der Waals surface area contributed by atoms with Gasteiger partial charge in [0.25, 0.3) is 5.91 Å². The number of rotatable bonds is 7. The van der Waals surface area contributed by atoms with Crippen molar-refractivity contribution >= 4 is 17.5 Å². The van der Waals surface area contributed by atoms with Crippen LogP contribution in [0.1, 0.15) is 12.8 Å². The Hall–Kier alpha value is -3.06. The highest BCUT2D eigenvalue weighted by atomic mass is 35.5. The summed E-state index contributed by atoms with van der Waals surface area (Å²) in [5, 5.41) is 4.41. The molecular weight excluding hydrogens is 382 g/mol. The van der Waals surface area contributed by atoms with Crippen molar-refractivity contribution in [3.05, 3.63) is 59.4 Å². The highest BCUT2D eigenvalue weighted by molar-refractivity contribution is 6.32. The Kier molecular flexibility index (Phi) is 6.16. The zero-order valence-electron chi connectivity index (χ0n) is 15.8. The van der Waals surface area contributed by atoms with Crippen molar-refractivity contribution in [3.8, 4) is 22.9 Å². The van der Waals surface area contributed by atoms with Crippen LogP contribution in [-0.4, -0.2) is 41.2 Å². The third-order valence-corrected chi connectivity index (χ3v) is 4.37. The summed E-state index contributed by atoms with van der Waals surface area (Å²) in [6, 6.07) is 14.3. The Labute approximate surface area is 167 Å². The van der Waals surface area contributed by atoms with E-state index in [4.69, 9.17) is 25.6 Å². The molecule has 0 unspecified atom stereocenters. The SMILES string of the molecule is COc1ccc(-c2noc(CN(C)C(=O)[C@H](C)Oc3ccccc3Cl)n2)cc1. The second kappa shape index (κ2) is 8.75. The summed E-state index contributed by atoms with van der Waals surface area (Å²) in [5.74, 6) is 1.73. The number of methoxy groups -OCH3 is 1. The number of benzene rings is 2. The van der Waals surface area contributed by atoms with E-state index in [2.05, 4.69) is 10.1 Å². The summed E-state index contributed by atoms with van der Waals surface area (Å²) in [5.41, 5.74) is 0.792. The molecule has 1 heterocycles. The lowest BCUT2D eigenvalue weighted by molar-refractivity contribution is -0.137. The minimum atomic E-state index is -0.714. The molecule has 8 heteroatoms. The van der Waals surface area contributed by atoms with Crippen LogP contribution in [0.3, 0.4) is 0 Å². The standard InChI is InChI=1S/C20H20ClN3O4/c1-13(27-17-7-5-4-6-16(17)21)20(25)24(2)12-18-22-19(23-28-18)14-8-10-15(26-3)11-9-14/h4-11,13H,12H2,1-3H3/t13-/m0/s1. The Morgan fingerprint density at radius 2 is 1.93 bits per heavy atom. The number of nitrogens with zero attached hydrogens (tertiary/aromatic N) is 3. The van der Waals surface area contributed by atoms with Gasteiger partial charge in [-0.15, -0.1) is 0 Å². The molecule has 1 amide bonds. The molecule has 0 saturated heterocycles. The van der Waals surface area contributed by atoms with E-state index in [1.165, 1.54) is 4.90 Å². The Bertz CT molecular complexity index is 943. The molecule has 2 aromatic carbocycles. The molecule has 0 fully saturated rings. The van der Waals surface area contributed by atoms with Crippen molar-refractivity contribution in [2.24, 2.45) is 0 Å². The average molecular weight is 402 g/mol. The highest BCUT2D eigenvalue weighted by Crippen LogP contribution is 2.25. The third-order valence-electron chi connectivity index (χ3n) is 4.05. The number of halogens is 1. The van der Waals surface area contributed by atoms with Gasteiger partial charge in [0.15, 0.2) is 6.10 Å². The predicted molar refractivity (Wildman–Crippen MR) is 104 cm³/mol. The number of aromatic nitrogens is 2. The molecule has 0 N–H and O–H groups in total. The lowest BCUT2D eigenvalue weighted by atomic mass is 10.2. The number of amides is 1. The zero-order chi connectivity index (χ0) is 20.1. The van der Waals surface area contributed by atoms with Gasteiger partial charge in [-0.1, -0.05) is 28.9 Å². The molecule has 0 bridgehead atoms. The van der Waals surface area contributed by atoms with Crippen LogP contribution in [-0.2, 0) is 11.3 Å². The smallest absolute Gasteiger partial charge is 0.263 e. The van der Waals surface area contributed by atoms with Gasteiger partial charge in [-0.25, -0.2) is 0 Å². The zero-order valence-corrected chi connectivity index (χ0v) is 16.5. The fourth-order valence-corrected chi connectivity index (χ4v) is 2.73. The number of hydrogen-bond acceptors (Lipinski definition) is 6. The second-order valence-corrected chi connectivity index (χ2v) is 6.53. The molecule has 3 rings (SSSR count). The second-order valence-electron chi connectivity index (χ2n) is 6.13. The molecule has 0 aliphatic heterocycles. The van der Waals surface area contributed by atoms with E-state index in [9.17, 15) is 4.79 Å². The number of ether oxygens (including phenoxy) is 2. The van der Waals surface area contributed by atoms with E-state index >= 15 is 0 Å². The van der Waals surface area contributed by atoms with Crippen molar-refractivity contribution in [3.63, 3.8) is 0 Å². The molecule has 0 radical (unpaired) electrons. The van der Waals surface area contributed by atoms with Gasteiger partial charge in [0.1, 0.15) is 11.5 Å². The maximum atomic E-state index is 12.6. The van der Waals surface area contributed by atoms with Gasteiger partial charge in [0.2, 0.25) is 11.7 Å². The van der Waals surface area contributed by atoms with Gasteiger partial charge < -0.3 is 18.9 Å². The summed E-state index contributed by atoms with van der Waals surface area (Å²) >= 11 is 6.07. The van der Waals surface area contributed by atoms with Crippen molar-refractivity contribution in [2.75, 3.05) is 14.2 Å². The first kappa shape index (κ1) is 19.7. The molecule has 3 aromatic rings. The van der Waals surface area contributed by atoms with E-state index in [1.54, 1.807) is 45.3 Å². The maximum Gasteiger partial charge on any atom is 0.263 e. The summed E-state index contributed by atoms with van der Waals surface area (Å²) < 4.78 is 16.1. The van der Waals surface area contributed by atoms with Crippen LogP contribution in [0.2, 0.25) is 5.02 Å². The molecule has 0 aliphatic rings. The molecule has 1 atom stereocenters. The summed E-state index contributed by atoms with van der Waals surface area (Å²) in [6.45, 7) is 1.83. The van der Waals surface area contributed by atoms with Gasteiger partial charge in [0.05, 0.1) is 18.7 Å². The average Bonchev–Trinajstić information content (AvgIpc) is 3.17. The van der Waals surface area contributed by atoms with Gasteiger partial charge in [-0.05, 0) is 43.3 Å². The van der Waals surface area contributed by atoms with E-state index in [0.717, 1.165) is 11.3 Å². The molecule has 1 aromatic heterocycles. The van der Waals surface area contributed by atoms with E-state index in [1.807, 2.05) is 24.3 Å². The molecule has 28 heavy (non-hydrogen) atoms. The molecule has 7 nitrogen and oxygen atoms in total. The van der Waals surface area contributed by atoms with E-state index in [0.29, 0.717) is 22.5 Å². The minimum Gasteiger partial charge on any atom is -0.497 e. The van der Waals surface area contributed by atoms with Crippen molar-refractivity contribution in [1.29, 1.82) is 0 Å². The van der Waals surface area contributed by atoms with E-state index < -0.39 is 6.10 Å². The first-order valence-electron chi connectivity index (χ1n) is 8.61. The first-order chi connectivity index (χ1) is 13.5. The van der Waals surface area contributed by atoms with Gasteiger partial charge in [-0.3, -0.25) is 4.79 Å². The monoisotopic (exact) mass is 401 g/mol. The van der Waals surface area contributed by atoms with Crippen molar-refractivity contribution in [1.82, 2.24) is 15.0 Å². The number of hydrogen-bond donors (Lipinski definition) is 0. The lowest BCUT2D eigenvalue weighted by Crippen LogP contribution is -2.37. The summed E-state index contributed by atoms with van der Waals surface area (Å²) in [4.78, 5) is 18.4. The number of carbonyl (C=O) groups excluding carboxylic acids is 1. The van der Waals surface area contributed by atoms with Crippen LogP contribution in [0.4, 0.5) is 0 Å². The van der Waals surface area contributed by atoms with Crippen LogP contribution >= 0.6 is 11.6 Å². The fraction of sp³-hybridized carbons (Fsp3) is 0.250. The molecule has 146 valence electrons. The molecule has 0 spiro atoms. The quantitative estimate of drug-likeness (QED) is 0.598. The molecule has 0 aliphatic carbocycles. The summed E-state index contributed by atoms with van der Waals surface area (Å²) in [7, 11) is 3.25. The fourth-order valence-electron chi connectivity index (χ4n) is 2.55. The Morgan fingerprint density at radius 3 is 2.61 bits per heavy atom. The number of carbonyl (C=O) groups is 1. The predicted octanol–water partition coefficient (Wildman–Crippen LogP) is 3.82. The van der Waals surface area contributed by atoms with Crippen molar-refractivity contribution < 1.29 is 18.8 Å². The van der Waals surface area contributed by atoms with Gasteiger partial charge in [0, 0.05) is 12.6 Å². The highest BCUT2D eigenvalue weighted by Gasteiger charge is 2.22. The third kappa shape index (κ3) is 4.61. The summed E-state index contributed by atoms with van der Waals surface area (Å²) in [6.07, 6.45) is -0.714. The van der Waals surface area contributed by atoms with Crippen LogP contribution in [0.15, 0.2) is 53.1 Å². The van der Waals surface area contributed by atoms with Crippen LogP contribution < -0.4 is 9.47 Å². The topological polar surface area (TPSA) is 77.7 Å². The van der Waals surface area contributed by atoms with Crippen LogP contribution in [0.25, 0.3) is 11.4 Å². The molecule has 0 saturated carbocycles. The minimum absolute atomic E-state index is 0.165. The van der Waals surface area contributed by atoms with Crippen molar-refractivity contribution in [2.45, 2.75) is 19.6 Å². The van der Waals surface area contributed by atoms with Gasteiger partial charge >= 0.3 is 0 Å². The maximum absolute atomic E-state index is 12.6.